The van der Waals surface area contributed by atoms with Gasteiger partial charge in [0.15, 0.2) is 11.0 Å². The molecule has 6 heteroatoms. The Kier molecular flexibility index (Phi) is 5.81. The summed E-state index contributed by atoms with van der Waals surface area (Å²) in [6.07, 6.45) is 2.58. The molecule has 3 heterocycles. The Labute approximate surface area is 187 Å². The van der Waals surface area contributed by atoms with E-state index >= 15 is 0 Å². The van der Waals surface area contributed by atoms with E-state index in [0.717, 1.165) is 44.6 Å². The monoisotopic (exact) mass is 432 g/mol. The first kappa shape index (κ1) is 20.9. The van der Waals surface area contributed by atoms with Gasteiger partial charge in [0.2, 0.25) is 0 Å². The lowest BCUT2D eigenvalue weighted by Crippen LogP contribution is -2.50. The van der Waals surface area contributed by atoms with Crippen molar-refractivity contribution in [3.63, 3.8) is 0 Å². The Balaban J connectivity index is 1.42. The van der Waals surface area contributed by atoms with Crippen LogP contribution in [-0.2, 0) is 4.74 Å². The highest BCUT2D eigenvalue weighted by Crippen LogP contribution is 2.28. The van der Waals surface area contributed by atoms with Crippen molar-refractivity contribution in [3.8, 4) is 11.3 Å². The van der Waals surface area contributed by atoms with Gasteiger partial charge in [-0.2, -0.15) is 0 Å². The Bertz CT molecular complexity index is 1170. The van der Waals surface area contributed by atoms with E-state index in [1.807, 2.05) is 35.2 Å². The SMILES string of the molecule is Cc1c(-c2ccccc2)oc2c(C(=O)N3CCN(CC4CCCO4)CC3)cccc2c1=O. The summed E-state index contributed by atoms with van der Waals surface area (Å²) in [6.45, 7) is 6.54. The molecule has 1 aromatic heterocycles. The molecule has 0 radical (unpaired) electrons. The van der Waals surface area contributed by atoms with E-state index in [4.69, 9.17) is 9.15 Å². The molecule has 0 saturated carbocycles. The molecule has 5 rings (SSSR count). The summed E-state index contributed by atoms with van der Waals surface area (Å²) >= 11 is 0. The van der Waals surface area contributed by atoms with Crippen LogP contribution in [0.1, 0.15) is 28.8 Å². The zero-order valence-electron chi connectivity index (χ0n) is 18.4. The fourth-order valence-corrected chi connectivity index (χ4v) is 4.72. The number of carbonyl (C=O) groups excluding carboxylic acids is 1. The topological polar surface area (TPSA) is 63.0 Å². The molecule has 1 amide bonds. The maximum atomic E-state index is 13.4. The maximum Gasteiger partial charge on any atom is 0.257 e. The summed E-state index contributed by atoms with van der Waals surface area (Å²) in [5, 5.41) is 0.449. The highest BCUT2D eigenvalue weighted by Gasteiger charge is 2.27. The van der Waals surface area contributed by atoms with E-state index in [-0.39, 0.29) is 11.3 Å². The van der Waals surface area contributed by atoms with Gasteiger partial charge in [0.05, 0.1) is 17.1 Å². The average Bonchev–Trinajstić information content (AvgIpc) is 3.35. The van der Waals surface area contributed by atoms with Gasteiger partial charge >= 0.3 is 0 Å². The normalized spacial score (nSPS) is 19.5. The smallest absolute Gasteiger partial charge is 0.257 e. The molecule has 32 heavy (non-hydrogen) atoms. The molecule has 3 aromatic rings. The van der Waals surface area contributed by atoms with Crippen molar-refractivity contribution in [1.82, 2.24) is 9.80 Å². The van der Waals surface area contributed by atoms with Crippen LogP contribution in [0.3, 0.4) is 0 Å². The highest BCUT2D eigenvalue weighted by molar-refractivity contribution is 6.05. The highest BCUT2D eigenvalue weighted by atomic mass is 16.5. The second-order valence-corrected chi connectivity index (χ2v) is 8.66. The lowest BCUT2D eigenvalue weighted by atomic mass is 10.0. The number of hydrogen-bond acceptors (Lipinski definition) is 5. The Morgan fingerprint density at radius 1 is 1.03 bits per heavy atom. The van der Waals surface area contributed by atoms with Crippen LogP contribution in [0.2, 0.25) is 0 Å². The van der Waals surface area contributed by atoms with Gasteiger partial charge in [-0.25, -0.2) is 0 Å². The zero-order valence-corrected chi connectivity index (χ0v) is 18.4. The minimum Gasteiger partial charge on any atom is -0.455 e. The Morgan fingerprint density at radius 2 is 1.81 bits per heavy atom. The van der Waals surface area contributed by atoms with Crippen molar-refractivity contribution in [3.05, 3.63) is 69.9 Å². The summed E-state index contributed by atoms with van der Waals surface area (Å²) in [5.74, 6) is 0.433. The van der Waals surface area contributed by atoms with E-state index in [9.17, 15) is 9.59 Å². The van der Waals surface area contributed by atoms with Crippen molar-refractivity contribution in [2.45, 2.75) is 25.9 Å². The van der Waals surface area contributed by atoms with Gasteiger partial charge in [-0.3, -0.25) is 14.5 Å². The Morgan fingerprint density at radius 3 is 2.53 bits per heavy atom. The van der Waals surface area contributed by atoms with Crippen LogP contribution in [0.4, 0.5) is 0 Å². The summed E-state index contributed by atoms with van der Waals surface area (Å²) in [4.78, 5) is 30.7. The molecule has 1 atom stereocenters. The van der Waals surface area contributed by atoms with Crippen LogP contribution in [0.25, 0.3) is 22.3 Å². The molecule has 2 aliphatic heterocycles. The van der Waals surface area contributed by atoms with Gasteiger partial charge < -0.3 is 14.1 Å². The van der Waals surface area contributed by atoms with Crippen molar-refractivity contribution in [1.29, 1.82) is 0 Å². The molecule has 2 aromatic carbocycles. The van der Waals surface area contributed by atoms with E-state index in [1.54, 1.807) is 25.1 Å². The lowest BCUT2D eigenvalue weighted by molar-refractivity contribution is 0.0433. The average molecular weight is 433 g/mol. The molecule has 2 saturated heterocycles. The van der Waals surface area contributed by atoms with E-state index in [0.29, 0.717) is 47.0 Å². The van der Waals surface area contributed by atoms with Crippen molar-refractivity contribution >= 4 is 16.9 Å². The quantitative estimate of drug-likeness (QED) is 0.629. The largest absolute Gasteiger partial charge is 0.455 e. The van der Waals surface area contributed by atoms with Crippen LogP contribution in [0, 0.1) is 6.92 Å². The number of ether oxygens (including phenoxy) is 1. The fourth-order valence-electron chi connectivity index (χ4n) is 4.72. The third-order valence-electron chi connectivity index (χ3n) is 6.56. The van der Waals surface area contributed by atoms with Gasteiger partial charge in [0, 0.05) is 50.5 Å². The third kappa shape index (κ3) is 3.96. The fraction of sp³-hybridized carbons (Fsp3) is 0.385. The first-order chi connectivity index (χ1) is 15.6. The van der Waals surface area contributed by atoms with Crippen LogP contribution >= 0.6 is 0 Å². The van der Waals surface area contributed by atoms with Gasteiger partial charge in [0.25, 0.3) is 5.91 Å². The van der Waals surface area contributed by atoms with Crippen molar-refractivity contribution < 1.29 is 13.9 Å². The van der Waals surface area contributed by atoms with Gasteiger partial charge in [-0.1, -0.05) is 36.4 Å². The number of hydrogen-bond donors (Lipinski definition) is 0. The van der Waals surface area contributed by atoms with Crippen LogP contribution < -0.4 is 5.43 Å². The maximum absolute atomic E-state index is 13.4. The number of fused-ring (bicyclic) bond motifs is 1. The first-order valence-electron chi connectivity index (χ1n) is 11.4. The molecular formula is C26H28N2O4. The zero-order chi connectivity index (χ0) is 22.1. The van der Waals surface area contributed by atoms with Crippen molar-refractivity contribution in [2.24, 2.45) is 0 Å². The third-order valence-corrected chi connectivity index (χ3v) is 6.56. The number of piperazine rings is 1. The second-order valence-electron chi connectivity index (χ2n) is 8.66. The van der Waals surface area contributed by atoms with Crippen molar-refractivity contribution in [2.75, 3.05) is 39.3 Å². The summed E-state index contributed by atoms with van der Waals surface area (Å²) < 4.78 is 12.0. The number of amides is 1. The van der Waals surface area contributed by atoms with Crippen LogP contribution in [0.15, 0.2) is 57.7 Å². The molecule has 0 bridgehead atoms. The minimum atomic E-state index is -0.0962. The molecule has 2 aliphatic rings. The summed E-state index contributed by atoms with van der Waals surface area (Å²) in [7, 11) is 0. The predicted molar refractivity (Wildman–Crippen MR) is 124 cm³/mol. The number of benzene rings is 2. The molecule has 0 N–H and O–H groups in total. The van der Waals surface area contributed by atoms with E-state index in [1.165, 1.54) is 0 Å². The van der Waals surface area contributed by atoms with Crippen LogP contribution in [-0.4, -0.2) is 61.1 Å². The molecule has 2 fully saturated rings. The molecule has 6 nitrogen and oxygen atoms in total. The number of para-hydroxylation sites is 1. The molecule has 0 spiro atoms. The second kappa shape index (κ2) is 8.88. The summed E-state index contributed by atoms with van der Waals surface area (Å²) in [6, 6.07) is 14.8. The number of nitrogens with zero attached hydrogens (tertiary/aromatic N) is 2. The van der Waals surface area contributed by atoms with E-state index in [2.05, 4.69) is 4.90 Å². The standard InChI is InChI=1S/C26H28N2O4/c1-18-23(29)21-10-5-11-22(25(21)32-24(18)19-7-3-2-4-8-19)26(30)28-14-12-27(13-15-28)17-20-9-6-16-31-20/h2-5,7-8,10-11,20H,6,9,12-17H2,1H3. The first-order valence-corrected chi connectivity index (χ1v) is 11.4. The molecular weight excluding hydrogens is 404 g/mol. The minimum absolute atomic E-state index is 0.0848. The van der Waals surface area contributed by atoms with Gasteiger partial charge in [0.1, 0.15) is 5.76 Å². The van der Waals surface area contributed by atoms with Gasteiger partial charge in [-0.15, -0.1) is 0 Å². The van der Waals surface area contributed by atoms with Crippen LogP contribution in [0.5, 0.6) is 0 Å². The predicted octanol–water partition coefficient (Wildman–Crippen LogP) is 3.71. The van der Waals surface area contributed by atoms with Gasteiger partial charge in [-0.05, 0) is 31.9 Å². The Hall–Kier alpha value is -2.96. The van der Waals surface area contributed by atoms with E-state index < -0.39 is 0 Å². The number of rotatable bonds is 4. The lowest BCUT2D eigenvalue weighted by Gasteiger charge is -2.35. The number of carbonyl (C=O) groups is 1. The molecule has 166 valence electrons. The molecule has 1 unspecified atom stereocenters. The molecule has 0 aliphatic carbocycles. The summed E-state index contributed by atoms with van der Waals surface area (Å²) in [5.41, 5.74) is 2.10.